The lowest BCUT2D eigenvalue weighted by Gasteiger charge is -2.32. The lowest BCUT2D eigenvalue weighted by atomic mass is 9.85. The molecule has 1 rings (SSSR count). The lowest BCUT2D eigenvalue weighted by molar-refractivity contribution is 0.00708. The molecule has 0 aromatic rings. The molecule has 1 atom stereocenters. The van der Waals surface area contributed by atoms with Crippen LogP contribution in [0.3, 0.4) is 0 Å². The number of amides is 2. The van der Waals surface area contributed by atoms with E-state index in [1.165, 1.54) is 6.42 Å². The molecular formula is C16H33N3O2. The largest absolute Gasteiger partial charge is 0.388 e. The topological polar surface area (TPSA) is 64.6 Å². The standard InChI is InChI=1S/C16H33N3O2/c1-13(2)10-14(11-19(3)4)18-15(20)17-12-16(21)8-6-5-7-9-16/h13-14,21H,5-12H2,1-4H3,(H2,17,18,20). The Bertz CT molecular complexity index is 303. The van der Waals surface area contributed by atoms with Gasteiger partial charge >= 0.3 is 6.03 Å². The highest BCUT2D eigenvalue weighted by atomic mass is 16.3. The Kier molecular flexibility index (Phi) is 7.46. The molecule has 0 heterocycles. The molecular weight excluding hydrogens is 266 g/mol. The van der Waals surface area contributed by atoms with E-state index in [0.29, 0.717) is 12.5 Å². The van der Waals surface area contributed by atoms with Gasteiger partial charge in [0.15, 0.2) is 0 Å². The molecule has 0 radical (unpaired) electrons. The van der Waals surface area contributed by atoms with Gasteiger partial charge in [-0.25, -0.2) is 4.79 Å². The molecule has 1 unspecified atom stereocenters. The zero-order chi connectivity index (χ0) is 15.9. The number of carbonyl (C=O) groups is 1. The Morgan fingerprint density at radius 1 is 1.24 bits per heavy atom. The maximum absolute atomic E-state index is 12.0. The van der Waals surface area contributed by atoms with Gasteiger partial charge in [0.2, 0.25) is 0 Å². The van der Waals surface area contributed by atoms with E-state index in [2.05, 4.69) is 29.4 Å². The summed E-state index contributed by atoms with van der Waals surface area (Å²) in [5, 5.41) is 16.3. The smallest absolute Gasteiger partial charge is 0.315 e. The molecule has 5 heteroatoms. The molecule has 1 fully saturated rings. The summed E-state index contributed by atoms with van der Waals surface area (Å²) in [4.78, 5) is 14.1. The third-order valence-electron chi connectivity index (χ3n) is 4.04. The molecule has 0 aliphatic heterocycles. The van der Waals surface area contributed by atoms with Crippen molar-refractivity contribution in [1.29, 1.82) is 0 Å². The summed E-state index contributed by atoms with van der Waals surface area (Å²) < 4.78 is 0. The van der Waals surface area contributed by atoms with Crippen molar-refractivity contribution in [3.05, 3.63) is 0 Å². The first-order valence-corrected chi connectivity index (χ1v) is 8.22. The molecule has 5 nitrogen and oxygen atoms in total. The molecule has 0 bridgehead atoms. The van der Waals surface area contributed by atoms with Crippen molar-refractivity contribution in [1.82, 2.24) is 15.5 Å². The second-order valence-electron chi connectivity index (χ2n) is 7.20. The van der Waals surface area contributed by atoms with Crippen LogP contribution in [0.25, 0.3) is 0 Å². The summed E-state index contributed by atoms with van der Waals surface area (Å²) in [5.74, 6) is 0.540. The quantitative estimate of drug-likeness (QED) is 0.673. The summed E-state index contributed by atoms with van der Waals surface area (Å²) in [6, 6.07) is -0.0255. The number of hydrogen-bond donors (Lipinski definition) is 3. The van der Waals surface area contributed by atoms with Crippen molar-refractivity contribution in [2.75, 3.05) is 27.2 Å². The number of urea groups is 1. The van der Waals surface area contributed by atoms with Gasteiger partial charge in [-0.2, -0.15) is 0 Å². The maximum Gasteiger partial charge on any atom is 0.315 e. The van der Waals surface area contributed by atoms with Gasteiger partial charge in [-0.05, 0) is 39.3 Å². The highest BCUT2D eigenvalue weighted by Crippen LogP contribution is 2.27. The Hall–Kier alpha value is -0.810. The van der Waals surface area contributed by atoms with Crippen LogP contribution in [0, 0.1) is 5.92 Å². The van der Waals surface area contributed by atoms with Gasteiger partial charge in [-0.15, -0.1) is 0 Å². The number of hydrogen-bond acceptors (Lipinski definition) is 3. The van der Waals surface area contributed by atoms with E-state index in [4.69, 9.17) is 0 Å². The van der Waals surface area contributed by atoms with Crippen LogP contribution in [-0.2, 0) is 0 Å². The van der Waals surface area contributed by atoms with E-state index in [1.807, 2.05) is 14.1 Å². The highest BCUT2D eigenvalue weighted by molar-refractivity contribution is 5.74. The van der Waals surface area contributed by atoms with E-state index in [0.717, 1.165) is 38.6 Å². The first-order chi connectivity index (χ1) is 9.81. The molecule has 1 saturated carbocycles. The van der Waals surface area contributed by atoms with Crippen LogP contribution in [0.5, 0.6) is 0 Å². The number of rotatable bonds is 7. The summed E-state index contributed by atoms with van der Waals surface area (Å²) in [5.41, 5.74) is -0.704. The number of nitrogens with one attached hydrogen (secondary N) is 2. The zero-order valence-corrected chi connectivity index (χ0v) is 14.1. The van der Waals surface area contributed by atoms with Crippen molar-refractivity contribution in [3.8, 4) is 0 Å². The monoisotopic (exact) mass is 299 g/mol. The van der Waals surface area contributed by atoms with Crippen LogP contribution >= 0.6 is 0 Å². The van der Waals surface area contributed by atoms with Crippen molar-refractivity contribution < 1.29 is 9.90 Å². The molecule has 1 aliphatic carbocycles. The Labute approximate surface area is 129 Å². The average molecular weight is 299 g/mol. The molecule has 0 saturated heterocycles. The first kappa shape index (κ1) is 18.2. The molecule has 0 aromatic carbocycles. The molecule has 0 spiro atoms. The van der Waals surface area contributed by atoms with E-state index in [9.17, 15) is 9.90 Å². The van der Waals surface area contributed by atoms with Crippen LogP contribution in [0.1, 0.15) is 52.4 Å². The first-order valence-electron chi connectivity index (χ1n) is 8.22. The average Bonchev–Trinajstić information content (AvgIpc) is 2.36. The second-order valence-corrected chi connectivity index (χ2v) is 7.20. The Morgan fingerprint density at radius 3 is 2.38 bits per heavy atom. The van der Waals surface area contributed by atoms with Crippen LogP contribution < -0.4 is 10.6 Å². The third-order valence-corrected chi connectivity index (χ3v) is 4.04. The lowest BCUT2D eigenvalue weighted by Crippen LogP contribution is -2.51. The normalized spacial score (nSPS) is 19.6. The van der Waals surface area contributed by atoms with Crippen molar-refractivity contribution in [3.63, 3.8) is 0 Å². The van der Waals surface area contributed by atoms with Crippen LogP contribution in [0.15, 0.2) is 0 Å². The number of likely N-dealkylation sites (N-methyl/N-ethyl adjacent to an activating group) is 1. The summed E-state index contributed by atoms with van der Waals surface area (Å²) in [6.45, 7) is 5.51. The summed E-state index contributed by atoms with van der Waals surface area (Å²) in [7, 11) is 4.02. The van der Waals surface area contributed by atoms with Crippen LogP contribution in [0.2, 0.25) is 0 Å². The van der Waals surface area contributed by atoms with Gasteiger partial charge in [0, 0.05) is 19.1 Å². The molecule has 124 valence electrons. The zero-order valence-electron chi connectivity index (χ0n) is 14.1. The van der Waals surface area contributed by atoms with Crippen molar-refractivity contribution in [2.45, 2.75) is 64.0 Å². The van der Waals surface area contributed by atoms with Gasteiger partial charge < -0.3 is 20.6 Å². The minimum absolute atomic E-state index is 0.140. The minimum Gasteiger partial charge on any atom is -0.388 e. The predicted octanol–water partition coefficient (Wildman–Crippen LogP) is 1.96. The van der Waals surface area contributed by atoms with Crippen molar-refractivity contribution >= 4 is 6.03 Å². The fourth-order valence-corrected chi connectivity index (χ4v) is 3.06. The summed E-state index contributed by atoms with van der Waals surface area (Å²) in [6.07, 6.45) is 5.83. The van der Waals surface area contributed by atoms with Crippen molar-refractivity contribution in [2.24, 2.45) is 5.92 Å². The van der Waals surface area contributed by atoms with E-state index in [1.54, 1.807) is 0 Å². The van der Waals surface area contributed by atoms with Crippen LogP contribution in [0.4, 0.5) is 4.79 Å². The molecule has 0 aromatic heterocycles. The Balaban J connectivity index is 2.38. The molecule has 2 amide bonds. The number of carbonyl (C=O) groups excluding carboxylic acids is 1. The van der Waals surface area contributed by atoms with E-state index >= 15 is 0 Å². The number of aliphatic hydroxyl groups is 1. The molecule has 1 aliphatic rings. The van der Waals surface area contributed by atoms with E-state index < -0.39 is 5.60 Å². The highest BCUT2D eigenvalue weighted by Gasteiger charge is 2.29. The number of nitrogens with zero attached hydrogens (tertiary/aromatic N) is 1. The Morgan fingerprint density at radius 2 is 1.86 bits per heavy atom. The van der Waals surface area contributed by atoms with E-state index in [-0.39, 0.29) is 12.1 Å². The maximum atomic E-state index is 12.0. The van der Waals surface area contributed by atoms with Gasteiger partial charge in [0.05, 0.1) is 5.60 Å². The molecule has 21 heavy (non-hydrogen) atoms. The van der Waals surface area contributed by atoms with Gasteiger partial charge in [0.25, 0.3) is 0 Å². The fourth-order valence-electron chi connectivity index (χ4n) is 3.06. The van der Waals surface area contributed by atoms with Gasteiger partial charge in [-0.1, -0.05) is 33.1 Å². The van der Waals surface area contributed by atoms with Gasteiger partial charge in [-0.3, -0.25) is 0 Å². The van der Waals surface area contributed by atoms with Gasteiger partial charge in [0.1, 0.15) is 0 Å². The SMILES string of the molecule is CC(C)CC(CN(C)C)NC(=O)NCC1(O)CCCCC1. The second kappa shape index (κ2) is 8.59. The van der Waals surface area contributed by atoms with Crippen LogP contribution in [-0.4, -0.2) is 54.9 Å². The fraction of sp³-hybridized carbons (Fsp3) is 0.938. The molecule has 3 N–H and O–H groups in total. The predicted molar refractivity (Wildman–Crippen MR) is 86.4 cm³/mol. The summed E-state index contributed by atoms with van der Waals surface area (Å²) >= 11 is 0. The minimum atomic E-state index is -0.704. The third kappa shape index (κ3) is 7.67.